The van der Waals surface area contributed by atoms with Crippen LogP contribution in [-0.2, 0) is 32.0 Å². The van der Waals surface area contributed by atoms with Gasteiger partial charge in [0.1, 0.15) is 12.2 Å². The van der Waals surface area contributed by atoms with Crippen LogP contribution >= 0.6 is 0 Å². The van der Waals surface area contributed by atoms with Gasteiger partial charge in [0.2, 0.25) is 0 Å². The molecule has 8 heteroatoms. The Balaban J connectivity index is 1.49. The first kappa shape index (κ1) is 23.8. The zero-order valence-corrected chi connectivity index (χ0v) is 19.7. The highest BCUT2D eigenvalue weighted by Crippen LogP contribution is 2.43. The highest BCUT2D eigenvalue weighted by Gasteiger charge is 2.28. The van der Waals surface area contributed by atoms with Crippen LogP contribution in [0.5, 0.6) is 0 Å². The number of anilines is 1. The van der Waals surface area contributed by atoms with Gasteiger partial charge in [0.15, 0.2) is 0 Å². The van der Waals surface area contributed by atoms with Gasteiger partial charge in [0, 0.05) is 5.56 Å². The molecule has 2 aromatic carbocycles. The smallest absolute Gasteiger partial charge is 0.444 e. The van der Waals surface area contributed by atoms with Crippen LogP contribution in [0.4, 0.5) is 15.3 Å². The van der Waals surface area contributed by atoms with E-state index in [0.717, 1.165) is 40.9 Å². The molecule has 0 atom stereocenters. The van der Waals surface area contributed by atoms with Crippen LogP contribution in [-0.4, -0.2) is 36.9 Å². The maximum atomic E-state index is 12.4. The summed E-state index contributed by atoms with van der Waals surface area (Å²) in [5.74, 6) is -0.827. The lowest BCUT2D eigenvalue weighted by molar-refractivity contribution is -0.145. The van der Waals surface area contributed by atoms with E-state index >= 15 is 0 Å². The fourth-order valence-corrected chi connectivity index (χ4v) is 4.35. The van der Waals surface area contributed by atoms with Gasteiger partial charge < -0.3 is 19.5 Å². The normalized spacial score (nSPS) is 15.1. The van der Waals surface area contributed by atoms with Gasteiger partial charge in [0.05, 0.1) is 11.6 Å². The van der Waals surface area contributed by atoms with E-state index in [1.54, 1.807) is 12.1 Å². The van der Waals surface area contributed by atoms with Crippen LogP contribution in [0.2, 0.25) is 0 Å². The van der Waals surface area contributed by atoms with Crippen molar-refractivity contribution in [2.24, 2.45) is 5.92 Å². The Kier molecular flexibility index (Phi) is 6.88. The molecule has 1 heterocycles. The quantitative estimate of drug-likeness (QED) is 0.421. The summed E-state index contributed by atoms with van der Waals surface area (Å²) in [6.07, 6.45) is 0.386. The van der Waals surface area contributed by atoms with Crippen molar-refractivity contribution in [1.29, 1.82) is 0 Å². The molecule has 1 amide bonds. The van der Waals surface area contributed by atoms with E-state index in [-0.39, 0.29) is 12.5 Å². The molecule has 2 aromatic rings. The minimum absolute atomic E-state index is 0.0403. The van der Waals surface area contributed by atoms with Gasteiger partial charge in [-0.2, -0.15) is 0 Å². The molecule has 34 heavy (non-hydrogen) atoms. The van der Waals surface area contributed by atoms with Crippen LogP contribution in [0.15, 0.2) is 36.4 Å². The standard InChI is InChI=1S/C26H30N2O6/c1-26(2,3)34-24(30)28-21-9-8-18(20-14-17-6-4-5-7-19(17)22(20)21)15-32-25(31)33-23(29)16-10-12-27-13-11-16/h4-9,16,27H,10-15H2,1-3H3,(H,28,30). The summed E-state index contributed by atoms with van der Waals surface area (Å²) in [6, 6.07) is 11.5. The summed E-state index contributed by atoms with van der Waals surface area (Å²) in [5.41, 5.74) is 4.74. The van der Waals surface area contributed by atoms with Crippen LogP contribution < -0.4 is 10.6 Å². The Hall–Kier alpha value is -3.39. The number of esters is 1. The second-order valence-corrected chi connectivity index (χ2v) is 9.57. The molecule has 0 spiro atoms. The van der Waals surface area contributed by atoms with Gasteiger partial charge in [-0.05, 0) is 81.4 Å². The highest BCUT2D eigenvalue weighted by molar-refractivity contribution is 5.95. The molecule has 0 bridgehead atoms. The molecular weight excluding hydrogens is 436 g/mol. The summed E-state index contributed by atoms with van der Waals surface area (Å²) >= 11 is 0. The van der Waals surface area contributed by atoms with Crippen LogP contribution in [0, 0.1) is 5.92 Å². The summed E-state index contributed by atoms with van der Waals surface area (Å²) in [7, 11) is 0. The number of fused-ring (bicyclic) bond motifs is 3. The zero-order valence-electron chi connectivity index (χ0n) is 19.7. The van der Waals surface area contributed by atoms with Crippen LogP contribution in [0.25, 0.3) is 11.1 Å². The first-order valence-electron chi connectivity index (χ1n) is 11.5. The Bertz CT molecular complexity index is 1100. The predicted molar refractivity (Wildman–Crippen MR) is 126 cm³/mol. The maximum Gasteiger partial charge on any atom is 0.516 e. The minimum Gasteiger partial charge on any atom is -0.444 e. The summed E-state index contributed by atoms with van der Waals surface area (Å²) in [5, 5.41) is 6.02. The van der Waals surface area contributed by atoms with Gasteiger partial charge in [-0.1, -0.05) is 30.3 Å². The topological polar surface area (TPSA) is 103 Å². The molecule has 0 saturated carbocycles. The Morgan fingerprint density at radius 1 is 1.06 bits per heavy atom. The number of rotatable bonds is 4. The average molecular weight is 467 g/mol. The third-order valence-electron chi connectivity index (χ3n) is 5.90. The molecule has 1 aliphatic carbocycles. The largest absolute Gasteiger partial charge is 0.516 e. The molecule has 1 aliphatic heterocycles. The van der Waals surface area contributed by atoms with Crippen molar-refractivity contribution >= 4 is 23.9 Å². The fourth-order valence-electron chi connectivity index (χ4n) is 4.35. The van der Waals surface area contributed by atoms with Crippen molar-refractivity contribution in [2.75, 3.05) is 18.4 Å². The first-order chi connectivity index (χ1) is 16.2. The molecule has 1 fully saturated rings. The van der Waals surface area contributed by atoms with Crippen molar-refractivity contribution < 1.29 is 28.6 Å². The molecule has 0 aromatic heterocycles. The lowest BCUT2D eigenvalue weighted by Crippen LogP contribution is -2.33. The molecule has 8 nitrogen and oxygen atoms in total. The number of ether oxygens (including phenoxy) is 3. The van der Waals surface area contributed by atoms with Crippen molar-refractivity contribution in [2.45, 2.75) is 52.2 Å². The number of hydrogen-bond donors (Lipinski definition) is 2. The first-order valence-corrected chi connectivity index (χ1v) is 11.5. The second kappa shape index (κ2) is 9.85. The molecule has 0 unspecified atom stereocenters. The lowest BCUT2D eigenvalue weighted by atomic mass is 9.99. The van der Waals surface area contributed by atoms with E-state index in [2.05, 4.69) is 10.6 Å². The Morgan fingerprint density at radius 2 is 1.79 bits per heavy atom. The molecule has 4 rings (SSSR count). The van der Waals surface area contributed by atoms with E-state index in [9.17, 15) is 14.4 Å². The molecule has 2 N–H and O–H groups in total. The number of carbonyl (C=O) groups is 3. The number of amides is 1. The summed E-state index contributed by atoms with van der Waals surface area (Å²) in [6.45, 7) is 6.84. The third kappa shape index (κ3) is 5.56. The summed E-state index contributed by atoms with van der Waals surface area (Å²) in [4.78, 5) is 36.8. The Morgan fingerprint density at radius 3 is 2.53 bits per heavy atom. The van der Waals surface area contributed by atoms with E-state index in [1.165, 1.54) is 0 Å². The van der Waals surface area contributed by atoms with E-state index in [1.807, 2.05) is 45.0 Å². The van der Waals surface area contributed by atoms with Crippen molar-refractivity contribution in [3.05, 3.63) is 53.1 Å². The summed E-state index contributed by atoms with van der Waals surface area (Å²) < 4.78 is 15.6. The Labute approximate surface area is 199 Å². The van der Waals surface area contributed by atoms with Gasteiger partial charge in [-0.15, -0.1) is 0 Å². The van der Waals surface area contributed by atoms with Crippen LogP contribution in [0.1, 0.15) is 50.3 Å². The molecule has 180 valence electrons. The third-order valence-corrected chi connectivity index (χ3v) is 5.90. The molecule has 2 aliphatic rings. The number of carbonyl (C=O) groups excluding carboxylic acids is 3. The highest BCUT2D eigenvalue weighted by atomic mass is 16.7. The number of nitrogens with one attached hydrogen (secondary N) is 2. The zero-order chi connectivity index (χ0) is 24.3. The number of benzene rings is 2. The van der Waals surface area contributed by atoms with E-state index < -0.39 is 23.8 Å². The van der Waals surface area contributed by atoms with Gasteiger partial charge in [-0.25, -0.2) is 9.59 Å². The number of piperidine rings is 1. The van der Waals surface area contributed by atoms with Gasteiger partial charge >= 0.3 is 18.2 Å². The monoisotopic (exact) mass is 466 g/mol. The second-order valence-electron chi connectivity index (χ2n) is 9.57. The van der Waals surface area contributed by atoms with Crippen molar-refractivity contribution in [3.63, 3.8) is 0 Å². The van der Waals surface area contributed by atoms with E-state index in [0.29, 0.717) is 24.9 Å². The molecule has 0 radical (unpaired) electrons. The van der Waals surface area contributed by atoms with Gasteiger partial charge in [-0.3, -0.25) is 10.1 Å². The minimum atomic E-state index is -0.997. The average Bonchev–Trinajstić information content (AvgIpc) is 3.18. The van der Waals surface area contributed by atoms with Crippen molar-refractivity contribution in [3.8, 4) is 11.1 Å². The lowest BCUT2D eigenvalue weighted by Gasteiger charge is -2.21. The number of hydrogen-bond acceptors (Lipinski definition) is 7. The molecular formula is C26H30N2O6. The maximum absolute atomic E-state index is 12.4. The fraction of sp³-hybridized carbons (Fsp3) is 0.423. The van der Waals surface area contributed by atoms with E-state index in [4.69, 9.17) is 14.2 Å². The predicted octanol–water partition coefficient (Wildman–Crippen LogP) is 4.78. The molecule has 1 saturated heterocycles. The van der Waals surface area contributed by atoms with Crippen molar-refractivity contribution in [1.82, 2.24) is 5.32 Å². The van der Waals surface area contributed by atoms with Crippen LogP contribution in [0.3, 0.4) is 0 Å². The SMILES string of the molecule is CC(C)(C)OC(=O)Nc1ccc(COC(=O)OC(=O)C2CCNCC2)c2c1-c1ccccc1C2. The van der Waals surface area contributed by atoms with Gasteiger partial charge in [0.25, 0.3) is 0 Å².